The molecule has 0 N–H and O–H groups in total. The first-order valence-corrected chi connectivity index (χ1v) is 12.2. The predicted molar refractivity (Wildman–Crippen MR) is 139 cm³/mol. The summed E-state index contributed by atoms with van der Waals surface area (Å²) in [5.41, 5.74) is 1.95. The number of halogens is 1. The molecular weight excluding hydrogens is 477 g/mol. The molecule has 2 aromatic carbocycles. The first-order chi connectivity index (χ1) is 17.6. The van der Waals surface area contributed by atoms with Crippen molar-refractivity contribution in [1.82, 2.24) is 9.91 Å². The molecule has 1 atom stereocenters. The molecule has 1 aliphatic rings. The maximum atomic E-state index is 13.6. The van der Waals surface area contributed by atoms with Gasteiger partial charge in [-0.1, -0.05) is 39.0 Å². The SMILES string of the molecule is COCCN(CC(=O)N1N=C(c2ccc(F)cc2)CC1c1ccc(OC)c(OC)c1)C(=O)CC(C)(C)C. The van der Waals surface area contributed by atoms with Crippen molar-refractivity contribution >= 4 is 17.5 Å². The van der Waals surface area contributed by atoms with Crippen LogP contribution in [0, 0.1) is 11.2 Å². The summed E-state index contributed by atoms with van der Waals surface area (Å²) in [5.74, 6) is 0.306. The molecule has 0 fully saturated rings. The number of rotatable bonds is 10. The highest BCUT2D eigenvalue weighted by atomic mass is 19.1. The van der Waals surface area contributed by atoms with Crippen LogP contribution >= 0.6 is 0 Å². The van der Waals surface area contributed by atoms with Gasteiger partial charge in [-0.2, -0.15) is 5.10 Å². The van der Waals surface area contributed by atoms with Gasteiger partial charge in [0.15, 0.2) is 11.5 Å². The monoisotopic (exact) mass is 513 g/mol. The quantitative estimate of drug-likeness (QED) is 0.470. The zero-order chi connectivity index (χ0) is 27.2. The average Bonchev–Trinajstić information content (AvgIpc) is 3.31. The molecule has 0 spiro atoms. The third-order valence-electron chi connectivity index (χ3n) is 6.06. The largest absolute Gasteiger partial charge is 0.493 e. The molecule has 0 aliphatic carbocycles. The minimum Gasteiger partial charge on any atom is -0.493 e. The minimum atomic E-state index is -0.436. The van der Waals surface area contributed by atoms with Gasteiger partial charge in [0.25, 0.3) is 5.91 Å². The van der Waals surface area contributed by atoms with Crippen LogP contribution in [0.15, 0.2) is 47.6 Å². The number of amides is 2. The van der Waals surface area contributed by atoms with Gasteiger partial charge in [-0.25, -0.2) is 9.40 Å². The van der Waals surface area contributed by atoms with E-state index in [1.807, 2.05) is 32.9 Å². The zero-order valence-electron chi connectivity index (χ0n) is 22.4. The number of hydrazone groups is 1. The van der Waals surface area contributed by atoms with Crippen molar-refractivity contribution in [3.05, 3.63) is 59.4 Å². The van der Waals surface area contributed by atoms with Crippen LogP contribution in [0.2, 0.25) is 0 Å². The number of carbonyl (C=O) groups is 2. The molecule has 1 aliphatic heterocycles. The van der Waals surface area contributed by atoms with Crippen molar-refractivity contribution < 1.29 is 28.2 Å². The summed E-state index contributed by atoms with van der Waals surface area (Å²) in [4.78, 5) is 28.2. The van der Waals surface area contributed by atoms with Gasteiger partial charge >= 0.3 is 0 Å². The second-order valence-electron chi connectivity index (χ2n) is 10.2. The molecule has 200 valence electrons. The smallest absolute Gasteiger partial charge is 0.262 e. The fourth-order valence-corrected chi connectivity index (χ4v) is 4.17. The molecule has 0 radical (unpaired) electrons. The van der Waals surface area contributed by atoms with E-state index >= 15 is 0 Å². The average molecular weight is 514 g/mol. The van der Waals surface area contributed by atoms with E-state index in [2.05, 4.69) is 5.10 Å². The predicted octanol–water partition coefficient (Wildman–Crippen LogP) is 4.43. The van der Waals surface area contributed by atoms with Crippen LogP contribution in [0.4, 0.5) is 4.39 Å². The van der Waals surface area contributed by atoms with Crippen LogP contribution in [0.3, 0.4) is 0 Å². The van der Waals surface area contributed by atoms with Gasteiger partial charge in [-0.15, -0.1) is 0 Å². The van der Waals surface area contributed by atoms with Gasteiger partial charge in [0.1, 0.15) is 12.4 Å². The van der Waals surface area contributed by atoms with Gasteiger partial charge in [-0.3, -0.25) is 9.59 Å². The molecule has 1 unspecified atom stereocenters. The van der Waals surface area contributed by atoms with Crippen LogP contribution < -0.4 is 9.47 Å². The summed E-state index contributed by atoms with van der Waals surface area (Å²) in [7, 11) is 4.66. The van der Waals surface area contributed by atoms with E-state index in [-0.39, 0.29) is 29.6 Å². The van der Waals surface area contributed by atoms with Gasteiger partial charge in [-0.05, 0) is 40.8 Å². The number of methoxy groups -OCH3 is 3. The molecule has 2 amide bonds. The van der Waals surface area contributed by atoms with Gasteiger partial charge in [0, 0.05) is 26.5 Å². The van der Waals surface area contributed by atoms with E-state index in [1.165, 1.54) is 22.0 Å². The molecule has 0 bridgehead atoms. The lowest BCUT2D eigenvalue weighted by atomic mass is 9.91. The topological polar surface area (TPSA) is 80.7 Å². The maximum Gasteiger partial charge on any atom is 0.262 e. The maximum absolute atomic E-state index is 13.6. The van der Waals surface area contributed by atoms with E-state index in [1.54, 1.807) is 39.5 Å². The van der Waals surface area contributed by atoms with Crippen LogP contribution in [0.5, 0.6) is 11.5 Å². The lowest BCUT2D eigenvalue weighted by molar-refractivity contribution is -0.143. The highest BCUT2D eigenvalue weighted by molar-refractivity contribution is 6.03. The van der Waals surface area contributed by atoms with Crippen LogP contribution in [0.1, 0.15) is 50.8 Å². The van der Waals surface area contributed by atoms with Crippen molar-refractivity contribution in [2.45, 2.75) is 39.7 Å². The number of hydrogen-bond donors (Lipinski definition) is 0. The molecular formula is C28H36FN3O5. The second kappa shape index (κ2) is 12.2. The Morgan fingerprint density at radius 2 is 1.73 bits per heavy atom. The molecule has 0 aromatic heterocycles. The van der Waals surface area contributed by atoms with Crippen LogP contribution in [0.25, 0.3) is 0 Å². The van der Waals surface area contributed by atoms with Crippen molar-refractivity contribution in [2.24, 2.45) is 10.5 Å². The third kappa shape index (κ3) is 7.29. The number of benzene rings is 2. The van der Waals surface area contributed by atoms with Crippen molar-refractivity contribution in [1.29, 1.82) is 0 Å². The summed E-state index contributed by atoms with van der Waals surface area (Å²) >= 11 is 0. The van der Waals surface area contributed by atoms with Gasteiger partial charge < -0.3 is 19.1 Å². The first-order valence-electron chi connectivity index (χ1n) is 12.2. The molecule has 3 rings (SSSR count). The fraction of sp³-hybridized carbons (Fsp3) is 0.464. The Balaban J connectivity index is 1.94. The Morgan fingerprint density at radius 3 is 2.32 bits per heavy atom. The van der Waals surface area contributed by atoms with Crippen molar-refractivity contribution in [3.63, 3.8) is 0 Å². The van der Waals surface area contributed by atoms with Gasteiger partial charge in [0.05, 0.1) is 32.6 Å². The van der Waals surface area contributed by atoms with E-state index in [0.29, 0.717) is 43.2 Å². The van der Waals surface area contributed by atoms with Gasteiger partial charge in [0.2, 0.25) is 5.91 Å². The van der Waals surface area contributed by atoms with E-state index in [0.717, 1.165) is 11.1 Å². The molecule has 2 aromatic rings. The van der Waals surface area contributed by atoms with Crippen molar-refractivity contribution in [3.8, 4) is 11.5 Å². The summed E-state index contributed by atoms with van der Waals surface area (Å²) in [5, 5.41) is 6.07. The molecule has 9 heteroatoms. The molecule has 0 saturated heterocycles. The zero-order valence-corrected chi connectivity index (χ0v) is 22.4. The van der Waals surface area contributed by atoms with Crippen LogP contribution in [-0.4, -0.2) is 68.5 Å². The summed E-state index contributed by atoms with van der Waals surface area (Å²) in [6.45, 7) is 6.41. The Morgan fingerprint density at radius 1 is 1.05 bits per heavy atom. The van der Waals surface area contributed by atoms with Crippen LogP contribution in [-0.2, 0) is 14.3 Å². The summed E-state index contributed by atoms with van der Waals surface area (Å²) in [6, 6.07) is 11.1. The standard InChI is InChI=1S/C28H36FN3O5/c1-28(2,3)17-26(33)31(13-14-35-4)18-27(34)32-23(20-9-12-24(36-5)25(15-20)37-6)16-22(30-32)19-7-10-21(29)11-8-19/h7-12,15,23H,13-14,16-18H2,1-6H3. The Labute approximate surface area is 218 Å². The molecule has 1 heterocycles. The summed E-state index contributed by atoms with van der Waals surface area (Å²) < 4.78 is 29.5. The second-order valence-corrected chi connectivity index (χ2v) is 10.2. The molecule has 8 nitrogen and oxygen atoms in total. The fourth-order valence-electron chi connectivity index (χ4n) is 4.17. The summed E-state index contributed by atoms with van der Waals surface area (Å²) in [6.07, 6.45) is 0.716. The number of nitrogens with zero attached hydrogens (tertiary/aromatic N) is 3. The van der Waals surface area contributed by atoms with E-state index in [4.69, 9.17) is 14.2 Å². The molecule has 37 heavy (non-hydrogen) atoms. The highest BCUT2D eigenvalue weighted by Gasteiger charge is 2.35. The number of ether oxygens (including phenoxy) is 3. The first kappa shape index (κ1) is 28.1. The van der Waals surface area contributed by atoms with E-state index in [9.17, 15) is 14.0 Å². The normalized spacial score (nSPS) is 15.4. The lowest BCUT2D eigenvalue weighted by Gasteiger charge is -2.29. The van der Waals surface area contributed by atoms with E-state index < -0.39 is 6.04 Å². The highest BCUT2D eigenvalue weighted by Crippen LogP contribution is 2.37. The Hall–Kier alpha value is -3.46. The molecule has 0 saturated carbocycles. The minimum absolute atomic E-state index is 0.123. The third-order valence-corrected chi connectivity index (χ3v) is 6.06. The lowest BCUT2D eigenvalue weighted by Crippen LogP contribution is -2.43. The Kier molecular flexibility index (Phi) is 9.26. The Bertz CT molecular complexity index is 1130. The number of hydrogen-bond acceptors (Lipinski definition) is 6. The van der Waals surface area contributed by atoms with Crippen molar-refractivity contribution in [2.75, 3.05) is 41.0 Å². The number of carbonyl (C=O) groups excluding carboxylic acids is 2.